The number of benzene rings is 1. The number of nitrogens with zero attached hydrogens (tertiary/aromatic N) is 1. The van der Waals surface area contributed by atoms with Gasteiger partial charge in [0.25, 0.3) is 0 Å². The van der Waals surface area contributed by atoms with E-state index in [1.807, 2.05) is 0 Å². The number of esters is 1. The van der Waals surface area contributed by atoms with Crippen LogP contribution in [0.15, 0.2) is 12.1 Å². The molecule has 4 aliphatic heterocycles. The van der Waals surface area contributed by atoms with Crippen LogP contribution < -0.4 is 10.1 Å². The summed E-state index contributed by atoms with van der Waals surface area (Å²) in [6.07, 6.45) is 12.2. The molecule has 2 aliphatic carbocycles. The minimum Gasteiger partial charge on any atom is -0.472 e. The monoisotopic (exact) mass is 436 g/mol. The molecular formula is C27H36N2O3. The molecule has 2 bridgehead atoms. The van der Waals surface area contributed by atoms with Crippen LogP contribution in [0.25, 0.3) is 0 Å². The smallest absolute Gasteiger partial charge is 0.315 e. The zero-order chi connectivity index (χ0) is 21.4. The van der Waals surface area contributed by atoms with Gasteiger partial charge < -0.3 is 14.8 Å². The first-order valence-electron chi connectivity index (χ1n) is 13.2. The summed E-state index contributed by atoms with van der Waals surface area (Å²) in [7, 11) is 0. The Morgan fingerprint density at radius 3 is 2.91 bits per heavy atom. The maximum absolute atomic E-state index is 13.5. The van der Waals surface area contributed by atoms with E-state index in [0.29, 0.717) is 11.8 Å². The van der Waals surface area contributed by atoms with Gasteiger partial charge in [-0.2, -0.15) is 0 Å². The molecule has 0 aromatic heterocycles. The average molecular weight is 437 g/mol. The summed E-state index contributed by atoms with van der Waals surface area (Å²) < 4.78 is 13.1. The molecule has 2 saturated heterocycles. The van der Waals surface area contributed by atoms with Crippen molar-refractivity contribution in [1.29, 1.82) is 0 Å². The molecule has 1 N–H and O–H groups in total. The Morgan fingerprint density at radius 1 is 1.16 bits per heavy atom. The Balaban J connectivity index is 1.22. The number of rotatable bonds is 2. The molecule has 0 amide bonds. The van der Waals surface area contributed by atoms with Gasteiger partial charge in [-0.05, 0) is 94.2 Å². The van der Waals surface area contributed by atoms with E-state index in [2.05, 4.69) is 29.3 Å². The number of ether oxygens (including phenoxy) is 2. The van der Waals surface area contributed by atoms with Gasteiger partial charge in [0.2, 0.25) is 0 Å². The summed E-state index contributed by atoms with van der Waals surface area (Å²) in [6.45, 7) is 4.45. The summed E-state index contributed by atoms with van der Waals surface area (Å²) in [5.74, 6) is 2.68. The molecule has 7 atom stereocenters. The van der Waals surface area contributed by atoms with Gasteiger partial charge in [0.15, 0.2) is 5.72 Å². The molecule has 6 aliphatic rings. The fraction of sp³-hybridized carbons (Fsp3) is 0.741. The number of fused-ring (bicyclic) bond motifs is 5. The number of hydrogen-bond donors (Lipinski definition) is 1. The number of hydrogen-bond acceptors (Lipinski definition) is 5. The zero-order valence-corrected chi connectivity index (χ0v) is 19.3. The molecule has 5 nitrogen and oxygen atoms in total. The standard InChI is InChI=1S/C27H36N2O3/c1-16-24(26(30)31-23-14-17-6-7-18(23)13-17)25-20-15-19-5-4-12-29-11-3-2-10-27(19,29)32-22(20)9-8-21(25)28-16/h8-9,16-19,23-24,28H,2-7,10-15H2,1H3. The van der Waals surface area contributed by atoms with Crippen LogP contribution >= 0.6 is 0 Å². The van der Waals surface area contributed by atoms with E-state index in [1.54, 1.807) is 0 Å². The highest BCUT2D eigenvalue weighted by Crippen LogP contribution is 2.53. The topological polar surface area (TPSA) is 50.8 Å². The van der Waals surface area contributed by atoms with Gasteiger partial charge in [-0.3, -0.25) is 9.69 Å². The van der Waals surface area contributed by atoms with Crippen LogP contribution in [0.3, 0.4) is 0 Å². The normalized spacial score (nSPS) is 41.7. The van der Waals surface area contributed by atoms with E-state index < -0.39 is 0 Å². The Kier molecular flexibility index (Phi) is 4.38. The van der Waals surface area contributed by atoms with Crippen LogP contribution in [0.1, 0.15) is 81.8 Å². The van der Waals surface area contributed by atoms with Crippen molar-refractivity contribution in [2.75, 3.05) is 18.4 Å². The molecule has 1 spiro atoms. The zero-order valence-electron chi connectivity index (χ0n) is 19.3. The highest BCUT2D eigenvalue weighted by atomic mass is 16.5. The summed E-state index contributed by atoms with van der Waals surface area (Å²) in [4.78, 5) is 16.2. The summed E-state index contributed by atoms with van der Waals surface area (Å²) >= 11 is 0. The number of anilines is 1. The van der Waals surface area contributed by atoms with Crippen molar-refractivity contribution < 1.29 is 14.3 Å². The minimum atomic E-state index is -0.220. The Morgan fingerprint density at radius 2 is 2.06 bits per heavy atom. The summed E-state index contributed by atoms with van der Waals surface area (Å²) in [5.41, 5.74) is 3.44. The van der Waals surface area contributed by atoms with Crippen molar-refractivity contribution in [3.05, 3.63) is 23.3 Å². The molecule has 1 aromatic rings. The maximum atomic E-state index is 13.5. The Bertz CT molecular complexity index is 945. The second-order valence-corrected chi connectivity index (χ2v) is 11.5. The lowest BCUT2D eigenvalue weighted by Gasteiger charge is -2.56. The van der Waals surface area contributed by atoms with Crippen LogP contribution in [0, 0.1) is 17.8 Å². The second-order valence-electron chi connectivity index (χ2n) is 11.5. The lowest BCUT2D eigenvalue weighted by atomic mass is 9.73. The third-order valence-corrected chi connectivity index (χ3v) is 9.81. The lowest BCUT2D eigenvalue weighted by Crippen LogP contribution is -2.64. The first-order chi connectivity index (χ1) is 15.6. The molecule has 4 fully saturated rings. The van der Waals surface area contributed by atoms with E-state index in [0.717, 1.165) is 49.7 Å². The Labute approximate surface area is 191 Å². The molecule has 7 rings (SSSR count). The van der Waals surface area contributed by atoms with Gasteiger partial charge in [0, 0.05) is 42.7 Å². The quantitative estimate of drug-likeness (QED) is 0.672. The van der Waals surface area contributed by atoms with Gasteiger partial charge in [-0.25, -0.2) is 0 Å². The van der Waals surface area contributed by atoms with Crippen LogP contribution in [-0.4, -0.2) is 41.8 Å². The van der Waals surface area contributed by atoms with Crippen molar-refractivity contribution in [3.8, 4) is 5.75 Å². The summed E-state index contributed by atoms with van der Waals surface area (Å²) in [5, 5.41) is 3.60. The van der Waals surface area contributed by atoms with Crippen LogP contribution in [0.2, 0.25) is 0 Å². The lowest BCUT2D eigenvalue weighted by molar-refractivity contribution is -0.177. The largest absolute Gasteiger partial charge is 0.472 e. The molecule has 172 valence electrons. The third kappa shape index (κ3) is 2.76. The van der Waals surface area contributed by atoms with Crippen molar-refractivity contribution in [3.63, 3.8) is 0 Å². The van der Waals surface area contributed by atoms with Crippen LogP contribution in [0.5, 0.6) is 5.75 Å². The molecule has 7 unspecified atom stereocenters. The number of carbonyl (C=O) groups is 1. The maximum Gasteiger partial charge on any atom is 0.315 e. The minimum absolute atomic E-state index is 0.0158. The van der Waals surface area contributed by atoms with Crippen LogP contribution in [0.4, 0.5) is 5.69 Å². The number of carbonyl (C=O) groups excluding carboxylic acids is 1. The van der Waals surface area contributed by atoms with Gasteiger partial charge >= 0.3 is 5.97 Å². The van der Waals surface area contributed by atoms with Crippen LogP contribution in [-0.2, 0) is 16.0 Å². The highest BCUT2D eigenvalue weighted by molar-refractivity contribution is 5.86. The van der Waals surface area contributed by atoms with Crippen molar-refractivity contribution in [2.45, 2.75) is 94.9 Å². The second kappa shape index (κ2) is 7.12. The number of nitrogens with one attached hydrogen (secondary N) is 1. The van der Waals surface area contributed by atoms with Gasteiger partial charge in [-0.1, -0.05) is 0 Å². The van der Waals surface area contributed by atoms with E-state index in [9.17, 15) is 4.79 Å². The van der Waals surface area contributed by atoms with Crippen molar-refractivity contribution in [1.82, 2.24) is 4.90 Å². The fourth-order valence-corrected chi connectivity index (χ4v) is 8.33. The van der Waals surface area contributed by atoms with Gasteiger partial charge in [0.05, 0.1) is 0 Å². The molecule has 32 heavy (non-hydrogen) atoms. The predicted octanol–water partition coefficient (Wildman–Crippen LogP) is 4.84. The van der Waals surface area contributed by atoms with Crippen molar-refractivity contribution in [2.24, 2.45) is 17.8 Å². The first-order valence-corrected chi connectivity index (χ1v) is 13.2. The fourth-order valence-electron chi connectivity index (χ4n) is 8.33. The van der Waals surface area contributed by atoms with Gasteiger partial charge in [0.1, 0.15) is 17.8 Å². The number of piperidine rings is 2. The summed E-state index contributed by atoms with van der Waals surface area (Å²) in [6, 6.07) is 4.36. The van der Waals surface area contributed by atoms with E-state index in [-0.39, 0.29) is 29.8 Å². The van der Waals surface area contributed by atoms with Crippen molar-refractivity contribution >= 4 is 11.7 Å². The molecule has 2 saturated carbocycles. The van der Waals surface area contributed by atoms with E-state index >= 15 is 0 Å². The van der Waals surface area contributed by atoms with E-state index in [1.165, 1.54) is 56.1 Å². The third-order valence-electron chi connectivity index (χ3n) is 9.81. The predicted molar refractivity (Wildman–Crippen MR) is 123 cm³/mol. The average Bonchev–Trinajstić information content (AvgIpc) is 3.50. The van der Waals surface area contributed by atoms with Gasteiger partial charge in [-0.15, -0.1) is 0 Å². The Hall–Kier alpha value is -1.75. The first kappa shape index (κ1) is 19.7. The molecule has 1 aromatic carbocycles. The molecule has 4 heterocycles. The highest BCUT2D eigenvalue weighted by Gasteiger charge is 2.53. The molecular weight excluding hydrogens is 400 g/mol. The molecule has 5 heteroatoms. The van der Waals surface area contributed by atoms with E-state index in [4.69, 9.17) is 9.47 Å². The molecule has 0 radical (unpaired) electrons. The SMILES string of the molecule is CC1Nc2ccc3c(c2C1C(=O)OC1CC2CCC1C2)CC1CCCN2CCCCC12O3.